The molecule has 1 aromatic carbocycles. The van der Waals surface area contributed by atoms with Gasteiger partial charge in [-0.15, -0.1) is 0 Å². The number of aliphatic hydroxyl groups excluding tert-OH is 1. The first-order chi connectivity index (χ1) is 7.22. The first-order valence-electron chi connectivity index (χ1n) is 5.17. The van der Waals surface area contributed by atoms with Gasteiger partial charge in [-0.3, -0.25) is 4.79 Å². The highest BCUT2D eigenvalue weighted by Gasteiger charge is 2.33. The third-order valence-electron chi connectivity index (χ3n) is 2.69. The lowest BCUT2D eigenvalue weighted by Crippen LogP contribution is -2.19. The molecule has 3 nitrogen and oxygen atoms in total. The molecule has 0 aromatic heterocycles. The fraction of sp³-hybridized carbons (Fsp3) is 0.417. The maximum atomic E-state index is 11.2. The van der Waals surface area contributed by atoms with Gasteiger partial charge < -0.3 is 9.84 Å². The van der Waals surface area contributed by atoms with Gasteiger partial charge in [0.05, 0.1) is 6.10 Å². The van der Waals surface area contributed by atoms with Crippen molar-refractivity contribution in [3.63, 3.8) is 0 Å². The number of fused-ring (bicyclic) bond motifs is 1. The van der Waals surface area contributed by atoms with Crippen molar-refractivity contribution in [1.29, 1.82) is 0 Å². The second kappa shape index (κ2) is 4.03. The van der Waals surface area contributed by atoms with Crippen LogP contribution in [0.15, 0.2) is 24.3 Å². The summed E-state index contributed by atoms with van der Waals surface area (Å²) >= 11 is 0. The third kappa shape index (κ3) is 1.88. The molecule has 1 aliphatic carbocycles. The Bertz CT molecular complexity index is 373. The van der Waals surface area contributed by atoms with E-state index >= 15 is 0 Å². The van der Waals surface area contributed by atoms with Gasteiger partial charge >= 0.3 is 5.97 Å². The minimum absolute atomic E-state index is 0.268. The van der Waals surface area contributed by atoms with Crippen LogP contribution in [0.1, 0.15) is 30.6 Å². The van der Waals surface area contributed by atoms with E-state index in [0.29, 0.717) is 12.8 Å². The molecule has 3 heteroatoms. The van der Waals surface area contributed by atoms with E-state index in [9.17, 15) is 9.90 Å². The van der Waals surface area contributed by atoms with Crippen LogP contribution < -0.4 is 0 Å². The number of rotatable bonds is 2. The van der Waals surface area contributed by atoms with Crippen LogP contribution in [0.3, 0.4) is 0 Å². The van der Waals surface area contributed by atoms with Crippen molar-refractivity contribution in [2.45, 2.75) is 32.0 Å². The maximum absolute atomic E-state index is 11.2. The quantitative estimate of drug-likeness (QED) is 0.747. The molecule has 0 radical (unpaired) electrons. The summed E-state index contributed by atoms with van der Waals surface area (Å²) in [5.41, 5.74) is 2.01. The standard InChI is InChI=1S/C12H14O3/c1-2-11(14)15-12-9-6-4-3-5-8(9)7-10(12)13/h3-6,10,12-13H,2,7H2,1H3. The second-order valence-corrected chi connectivity index (χ2v) is 3.73. The predicted octanol–water partition coefficient (Wildman–Crippen LogP) is 1.60. The first kappa shape index (κ1) is 10.2. The Morgan fingerprint density at radius 2 is 2.27 bits per heavy atom. The van der Waals surface area contributed by atoms with Crippen LogP contribution in [0.25, 0.3) is 0 Å². The number of aliphatic hydroxyl groups is 1. The van der Waals surface area contributed by atoms with Gasteiger partial charge in [-0.05, 0) is 11.1 Å². The maximum Gasteiger partial charge on any atom is 0.306 e. The van der Waals surface area contributed by atoms with Crippen LogP contribution in [0, 0.1) is 0 Å². The van der Waals surface area contributed by atoms with E-state index in [1.165, 1.54) is 0 Å². The largest absolute Gasteiger partial charge is 0.455 e. The van der Waals surface area contributed by atoms with Gasteiger partial charge in [0.1, 0.15) is 0 Å². The zero-order valence-electron chi connectivity index (χ0n) is 8.64. The van der Waals surface area contributed by atoms with Crippen LogP contribution in [-0.2, 0) is 16.0 Å². The van der Waals surface area contributed by atoms with Crippen molar-refractivity contribution in [1.82, 2.24) is 0 Å². The Hall–Kier alpha value is -1.35. The molecule has 1 N–H and O–H groups in total. The van der Waals surface area contributed by atoms with Gasteiger partial charge in [0.15, 0.2) is 6.10 Å². The summed E-state index contributed by atoms with van der Waals surface area (Å²) in [6.07, 6.45) is -0.171. The van der Waals surface area contributed by atoms with Crippen LogP contribution >= 0.6 is 0 Å². The summed E-state index contributed by atoms with van der Waals surface area (Å²) in [6.45, 7) is 1.75. The van der Waals surface area contributed by atoms with E-state index in [4.69, 9.17) is 4.74 Å². The fourth-order valence-corrected chi connectivity index (χ4v) is 1.90. The van der Waals surface area contributed by atoms with E-state index in [1.54, 1.807) is 6.92 Å². The summed E-state index contributed by atoms with van der Waals surface area (Å²) in [4.78, 5) is 11.2. The van der Waals surface area contributed by atoms with Crippen LogP contribution in [0.4, 0.5) is 0 Å². The number of ether oxygens (including phenoxy) is 1. The van der Waals surface area contributed by atoms with Crippen LogP contribution in [-0.4, -0.2) is 17.2 Å². The Balaban J connectivity index is 2.22. The van der Waals surface area contributed by atoms with E-state index in [2.05, 4.69) is 0 Å². The van der Waals surface area contributed by atoms with Crippen molar-refractivity contribution < 1.29 is 14.6 Å². The number of hydrogen-bond donors (Lipinski definition) is 1. The monoisotopic (exact) mass is 206 g/mol. The first-order valence-corrected chi connectivity index (χ1v) is 5.17. The molecule has 80 valence electrons. The Morgan fingerprint density at radius 3 is 3.00 bits per heavy atom. The second-order valence-electron chi connectivity index (χ2n) is 3.73. The van der Waals surface area contributed by atoms with Gasteiger partial charge in [0.25, 0.3) is 0 Å². The van der Waals surface area contributed by atoms with Gasteiger partial charge in [-0.25, -0.2) is 0 Å². The molecule has 0 bridgehead atoms. The highest BCUT2D eigenvalue weighted by molar-refractivity contribution is 5.69. The average Bonchev–Trinajstić information content (AvgIpc) is 2.55. The zero-order chi connectivity index (χ0) is 10.8. The lowest BCUT2D eigenvalue weighted by molar-refractivity contribution is -0.154. The molecule has 2 atom stereocenters. The molecule has 1 aliphatic rings. The minimum Gasteiger partial charge on any atom is -0.455 e. The summed E-state index contributed by atoms with van der Waals surface area (Å²) in [6, 6.07) is 7.68. The van der Waals surface area contributed by atoms with Crippen molar-refractivity contribution in [3.05, 3.63) is 35.4 Å². The van der Waals surface area contributed by atoms with Crippen molar-refractivity contribution in [2.24, 2.45) is 0 Å². The van der Waals surface area contributed by atoms with Crippen molar-refractivity contribution >= 4 is 5.97 Å². The third-order valence-corrected chi connectivity index (χ3v) is 2.69. The van der Waals surface area contributed by atoms with E-state index < -0.39 is 12.2 Å². The van der Waals surface area contributed by atoms with Crippen LogP contribution in [0.5, 0.6) is 0 Å². The molecule has 15 heavy (non-hydrogen) atoms. The highest BCUT2D eigenvalue weighted by atomic mass is 16.6. The number of carbonyl (C=O) groups is 1. The molecule has 0 amide bonds. The van der Waals surface area contributed by atoms with Gasteiger partial charge in [-0.2, -0.15) is 0 Å². The SMILES string of the molecule is CCC(=O)OC1c2ccccc2CC1O. The predicted molar refractivity (Wildman–Crippen MR) is 55.3 cm³/mol. The smallest absolute Gasteiger partial charge is 0.306 e. The normalized spacial score (nSPS) is 23.6. The number of carbonyl (C=O) groups excluding carboxylic acids is 1. The van der Waals surface area contributed by atoms with Crippen molar-refractivity contribution in [3.8, 4) is 0 Å². The molecular weight excluding hydrogens is 192 g/mol. The molecule has 0 spiro atoms. The van der Waals surface area contributed by atoms with Gasteiger partial charge in [0, 0.05) is 12.8 Å². The summed E-state index contributed by atoms with van der Waals surface area (Å²) < 4.78 is 5.21. The fourth-order valence-electron chi connectivity index (χ4n) is 1.90. The number of esters is 1. The minimum atomic E-state index is -0.599. The molecular formula is C12H14O3. The number of benzene rings is 1. The number of hydrogen-bond acceptors (Lipinski definition) is 3. The zero-order valence-corrected chi connectivity index (χ0v) is 8.64. The lowest BCUT2D eigenvalue weighted by atomic mass is 10.1. The molecule has 2 rings (SSSR count). The van der Waals surface area contributed by atoms with E-state index in [0.717, 1.165) is 11.1 Å². The molecule has 0 fully saturated rings. The lowest BCUT2D eigenvalue weighted by Gasteiger charge is -2.16. The molecule has 2 unspecified atom stereocenters. The van der Waals surface area contributed by atoms with Crippen molar-refractivity contribution in [2.75, 3.05) is 0 Å². The van der Waals surface area contributed by atoms with E-state index in [-0.39, 0.29) is 5.97 Å². The van der Waals surface area contributed by atoms with E-state index in [1.807, 2.05) is 24.3 Å². The molecule has 0 saturated heterocycles. The van der Waals surface area contributed by atoms with Crippen LogP contribution in [0.2, 0.25) is 0 Å². The summed E-state index contributed by atoms with van der Waals surface area (Å²) in [7, 11) is 0. The Labute approximate surface area is 88.7 Å². The topological polar surface area (TPSA) is 46.5 Å². The molecule has 0 saturated carbocycles. The summed E-state index contributed by atoms with van der Waals surface area (Å²) in [5.74, 6) is -0.268. The Kier molecular flexibility index (Phi) is 2.73. The molecule has 0 aliphatic heterocycles. The van der Waals surface area contributed by atoms with Gasteiger partial charge in [-0.1, -0.05) is 31.2 Å². The molecule has 1 aromatic rings. The van der Waals surface area contributed by atoms with Gasteiger partial charge in [0.2, 0.25) is 0 Å². The average molecular weight is 206 g/mol. The Morgan fingerprint density at radius 1 is 1.53 bits per heavy atom. The summed E-state index contributed by atoms with van der Waals surface area (Å²) in [5, 5.41) is 9.78. The highest BCUT2D eigenvalue weighted by Crippen LogP contribution is 2.34. The molecule has 0 heterocycles.